The number of hydrogen-bond acceptors (Lipinski definition) is 4. The summed E-state index contributed by atoms with van der Waals surface area (Å²) in [4.78, 5) is 25.0. The van der Waals surface area contributed by atoms with Crippen LogP contribution >= 0.6 is 11.8 Å². The van der Waals surface area contributed by atoms with Gasteiger partial charge in [-0.2, -0.15) is 11.8 Å². The highest BCUT2D eigenvalue weighted by atomic mass is 32.2. The second-order valence-electron chi connectivity index (χ2n) is 7.55. The molecule has 2 aliphatic rings. The highest BCUT2D eigenvalue weighted by Gasteiger charge is 2.27. The van der Waals surface area contributed by atoms with Crippen LogP contribution in [-0.4, -0.2) is 76.1 Å². The van der Waals surface area contributed by atoms with E-state index in [1.165, 1.54) is 30.2 Å². The number of hydrogen-bond donors (Lipinski definition) is 2. The van der Waals surface area contributed by atoms with Crippen LogP contribution in [0.4, 0.5) is 4.79 Å². The summed E-state index contributed by atoms with van der Waals surface area (Å²) in [5.74, 6) is 3.43. The predicted molar refractivity (Wildman–Crippen MR) is 111 cm³/mol. The molecule has 2 amide bonds. The summed E-state index contributed by atoms with van der Waals surface area (Å²) in [5, 5.41) is 3.06. The summed E-state index contributed by atoms with van der Waals surface area (Å²) < 4.78 is 0. The van der Waals surface area contributed by atoms with Crippen LogP contribution in [0, 0.1) is 6.92 Å². The molecule has 6 nitrogen and oxygen atoms in total. The Morgan fingerprint density at radius 3 is 2.81 bits per heavy atom. The van der Waals surface area contributed by atoms with Crippen LogP contribution in [0.3, 0.4) is 0 Å². The summed E-state index contributed by atoms with van der Waals surface area (Å²) >= 11 is 2.05. The molecule has 1 aromatic heterocycles. The molecule has 0 aliphatic carbocycles. The minimum absolute atomic E-state index is 0.0644. The number of rotatable bonds is 4. The van der Waals surface area contributed by atoms with Crippen molar-refractivity contribution < 1.29 is 4.79 Å². The summed E-state index contributed by atoms with van der Waals surface area (Å²) in [6, 6.07) is 6.94. The van der Waals surface area contributed by atoms with Crippen molar-refractivity contribution in [1.29, 1.82) is 0 Å². The Hall–Kier alpha value is -1.73. The Balaban J connectivity index is 1.21. The number of imidazole rings is 1. The molecular weight excluding hydrogens is 358 g/mol. The molecule has 1 aromatic carbocycles. The van der Waals surface area contributed by atoms with Crippen molar-refractivity contribution in [3.05, 3.63) is 29.6 Å². The van der Waals surface area contributed by atoms with Crippen molar-refractivity contribution in [2.24, 2.45) is 0 Å². The number of thioether (sulfide) groups is 1. The number of aromatic nitrogens is 2. The third-order valence-corrected chi connectivity index (χ3v) is 6.58. The zero-order valence-electron chi connectivity index (χ0n) is 16.0. The van der Waals surface area contributed by atoms with E-state index in [0.29, 0.717) is 12.6 Å². The van der Waals surface area contributed by atoms with Gasteiger partial charge >= 0.3 is 6.03 Å². The number of carbonyl (C=O) groups is 1. The van der Waals surface area contributed by atoms with Crippen LogP contribution in [0.1, 0.15) is 24.2 Å². The topological polar surface area (TPSA) is 64.3 Å². The minimum Gasteiger partial charge on any atom is -0.342 e. The molecule has 2 saturated heterocycles. The maximum absolute atomic E-state index is 12.5. The smallest absolute Gasteiger partial charge is 0.317 e. The van der Waals surface area contributed by atoms with E-state index in [9.17, 15) is 4.79 Å². The number of urea groups is 1. The van der Waals surface area contributed by atoms with Gasteiger partial charge in [-0.15, -0.1) is 0 Å². The Bertz CT molecular complexity index is 778. The van der Waals surface area contributed by atoms with E-state index in [-0.39, 0.29) is 6.03 Å². The minimum atomic E-state index is 0.0644. The van der Waals surface area contributed by atoms with Gasteiger partial charge in [-0.05, 0) is 37.5 Å². The average Bonchev–Trinajstić information content (AvgIpc) is 3.10. The molecule has 0 spiro atoms. The Morgan fingerprint density at radius 1 is 1.26 bits per heavy atom. The van der Waals surface area contributed by atoms with E-state index >= 15 is 0 Å². The maximum Gasteiger partial charge on any atom is 0.317 e. The van der Waals surface area contributed by atoms with E-state index in [2.05, 4.69) is 51.0 Å². The predicted octanol–water partition coefficient (Wildman–Crippen LogP) is 2.64. The first-order valence-corrected chi connectivity index (χ1v) is 11.1. The first-order valence-electron chi connectivity index (χ1n) is 9.99. The van der Waals surface area contributed by atoms with Crippen molar-refractivity contribution in [2.45, 2.75) is 32.2 Å². The molecule has 0 bridgehead atoms. The number of fused-ring (bicyclic) bond motifs is 1. The van der Waals surface area contributed by atoms with E-state index < -0.39 is 0 Å². The largest absolute Gasteiger partial charge is 0.342 e. The second-order valence-corrected chi connectivity index (χ2v) is 8.78. The molecule has 2 fully saturated rings. The second kappa shape index (κ2) is 8.52. The molecule has 2 N–H and O–H groups in total. The molecule has 27 heavy (non-hydrogen) atoms. The first-order chi connectivity index (χ1) is 13.2. The quantitative estimate of drug-likeness (QED) is 0.847. The van der Waals surface area contributed by atoms with Gasteiger partial charge in [-0.25, -0.2) is 9.78 Å². The zero-order chi connectivity index (χ0) is 18.6. The van der Waals surface area contributed by atoms with Gasteiger partial charge in [-0.1, -0.05) is 6.07 Å². The van der Waals surface area contributed by atoms with Crippen LogP contribution in [0.25, 0.3) is 11.0 Å². The van der Waals surface area contributed by atoms with Gasteiger partial charge in [0.15, 0.2) is 0 Å². The van der Waals surface area contributed by atoms with Crippen molar-refractivity contribution in [1.82, 2.24) is 25.1 Å². The van der Waals surface area contributed by atoms with Gasteiger partial charge in [-0.3, -0.25) is 4.90 Å². The number of aromatic amines is 1. The average molecular weight is 388 g/mol. The van der Waals surface area contributed by atoms with Gasteiger partial charge in [0.25, 0.3) is 0 Å². The number of carbonyl (C=O) groups excluding carboxylic acids is 1. The van der Waals surface area contributed by atoms with E-state index in [0.717, 1.165) is 49.2 Å². The Labute approximate surface area is 165 Å². The number of nitrogens with one attached hydrogen (secondary N) is 2. The molecule has 0 unspecified atom stereocenters. The third-order valence-electron chi connectivity index (χ3n) is 5.64. The summed E-state index contributed by atoms with van der Waals surface area (Å²) in [6.07, 6.45) is 2.92. The number of amides is 2. The van der Waals surface area contributed by atoms with Crippen LogP contribution in [0.15, 0.2) is 18.2 Å². The molecule has 7 heteroatoms. The van der Waals surface area contributed by atoms with Crippen molar-refractivity contribution in [3.8, 4) is 0 Å². The Kier molecular flexibility index (Phi) is 5.88. The van der Waals surface area contributed by atoms with Gasteiger partial charge in [0.05, 0.1) is 11.0 Å². The number of aryl methyl sites for hydroxylation is 1. The number of H-pyrrole nitrogens is 1. The normalized spacial score (nSPS) is 19.5. The third kappa shape index (κ3) is 4.58. The molecule has 2 aliphatic heterocycles. The lowest BCUT2D eigenvalue weighted by Crippen LogP contribution is -2.51. The monoisotopic (exact) mass is 387 g/mol. The zero-order valence-corrected chi connectivity index (χ0v) is 16.9. The molecule has 0 atom stereocenters. The van der Waals surface area contributed by atoms with Crippen LogP contribution in [-0.2, 0) is 6.42 Å². The molecule has 4 rings (SSSR count). The van der Waals surface area contributed by atoms with E-state index in [1.54, 1.807) is 0 Å². The van der Waals surface area contributed by atoms with Gasteiger partial charge in [0.2, 0.25) is 0 Å². The molecular formula is C20H29N5OS. The lowest BCUT2D eigenvalue weighted by Gasteiger charge is -2.40. The standard InChI is InChI=1S/C20H29N5OS/c1-15-2-3-17-18(14-15)23-19(22-17)4-7-21-20(26)25-8-5-16(6-9-25)24-10-12-27-13-11-24/h2-3,14,16H,4-13H2,1H3,(H,21,26)(H,22,23). The number of piperidine rings is 1. The lowest BCUT2D eigenvalue weighted by molar-refractivity contribution is 0.124. The molecule has 146 valence electrons. The SMILES string of the molecule is Cc1ccc2nc(CCNC(=O)N3CCC(N4CCSCC4)CC3)[nH]c2c1. The van der Waals surface area contributed by atoms with Crippen molar-refractivity contribution in [2.75, 3.05) is 44.2 Å². The van der Waals surface area contributed by atoms with Crippen LogP contribution in [0.5, 0.6) is 0 Å². The fourth-order valence-electron chi connectivity index (χ4n) is 4.07. The summed E-state index contributed by atoms with van der Waals surface area (Å²) in [5.41, 5.74) is 3.27. The van der Waals surface area contributed by atoms with Crippen molar-refractivity contribution in [3.63, 3.8) is 0 Å². The number of likely N-dealkylation sites (tertiary alicyclic amines) is 1. The molecule has 0 radical (unpaired) electrons. The fraction of sp³-hybridized carbons (Fsp3) is 0.600. The van der Waals surface area contributed by atoms with Crippen molar-refractivity contribution >= 4 is 28.8 Å². The van der Waals surface area contributed by atoms with Crippen LogP contribution < -0.4 is 5.32 Å². The highest BCUT2D eigenvalue weighted by Crippen LogP contribution is 2.20. The lowest BCUT2D eigenvalue weighted by atomic mass is 10.0. The molecule has 3 heterocycles. The van der Waals surface area contributed by atoms with E-state index in [1.807, 2.05) is 11.0 Å². The number of benzene rings is 1. The molecule has 2 aromatic rings. The summed E-state index contributed by atoms with van der Waals surface area (Å²) in [6.45, 7) is 6.83. The number of nitrogens with zero attached hydrogens (tertiary/aromatic N) is 3. The molecule has 0 saturated carbocycles. The fourth-order valence-corrected chi connectivity index (χ4v) is 5.00. The van der Waals surface area contributed by atoms with Gasteiger partial charge < -0.3 is 15.2 Å². The first kappa shape index (κ1) is 18.6. The summed E-state index contributed by atoms with van der Waals surface area (Å²) in [7, 11) is 0. The van der Waals surface area contributed by atoms with E-state index in [4.69, 9.17) is 0 Å². The van der Waals surface area contributed by atoms with Gasteiger partial charge in [0, 0.05) is 56.7 Å². The van der Waals surface area contributed by atoms with Gasteiger partial charge in [0.1, 0.15) is 5.82 Å². The van der Waals surface area contributed by atoms with Crippen LogP contribution in [0.2, 0.25) is 0 Å². The maximum atomic E-state index is 12.5. The highest BCUT2D eigenvalue weighted by molar-refractivity contribution is 7.99. The Morgan fingerprint density at radius 2 is 2.04 bits per heavy atom.